The van der Waals surface area contributed by atoms with E-state index < -0.39 is 36.4 Å². The molecule has 0 saturated carbocycles. The van der Waals surface area contributed by atoms with E-state index in [0.717, 1.165) is 12.1 Å². The SMILES string of the molecule is O=C(O)CC(O)C(O)c1ccc(C(=O)O)cc1F. The van der Waals surface area contributed by atoms with Crippen LogP contribution in [0.25, 0.3) is 0 Å². The second-order valence-corrected chi connectivity index (χ2v) is 3.65. The molecule has 4 N–H and O–H groups in total. The molecule has 2 atom stereocenters. The van der Waals surface area contributed by atoms with Gasteiger partial charge in [0, 0.05) is 5.56 Å². The number of carboxylic acid groups (broad SMARTS) is 2. The lowest BCUT2D eigenvalue weighted by Crippen LogP contribution is -2.22. The fourth-order valence-electron chi connectivity index (χ4n) is 1.40. The number of hydrogen-bond acceptors (Lipinski definition) is 4. The number of carbonyl (C=O) groups is 2. The van der Waals surface area contributed by atoms with Crippen molar-refractivity contribution in [3.63, 3.8) is 0 Å². The Morgan fingerprint density at radius 2 is 1.83 bits per heavy atom. The number of hydrogen-bond donors (Lipinski definition) is 4. The quantitative estimate of drug-likeness (QED) is 0.607. The first-order chi connectivity index (χ1) is 8.32. The average molecular weight is 258 g/mol. The molecule has 6 nitrogen and oxygen atoms in total. The zero-order chi connectivity index (χ0) is 13.9. The molecule has 0 saturated heterocycles. The summed E-state index contributed by atoms with van der Waals surface area (Å²) in [6, 6.07) is 2.74. The molecule has 0 bridgehead atoms. The first-order valence-corrected chi connectivity index (χ1v) is 4.93. The summed E-state index contributed by atoms with van der Waals surface area (Å²) in [5.74, 6) is -3.70. The summed E-state index contributed by atoms with van der Waals surface area (Å²) in [5.41, 5.74) is -0.662. The van der Waals surface area contributed by atoms with Crippen molar-refractivity contribution >= 4 is 11.9 Å². The standard InChI is InChI=1S/C11H11FO6/c12-7-3-5(11(17)18)1-2-6(7)10(16)8(13)4-9(14)15/h1-3,8,10,13,16H,4H2,(H,14,15)(H,17,18). The molecular formula is C11H11FO6. The summed E-state index contributed by atoms with van der Waals surface area (Å²) in [5, 5.41) is 35.9. The molecule has 1 rings (SSSR count). The van der Waals surface area contributed by atoms with Crippen LogP contribution in [0.5, 0.6) is 0 Å². The minimum atomic E-state index is -1.73. The van der Waals surface area contributed by atoms with Crippen LogP contribution >= 0.6 is 0 Å². The maximum atomic E-state index is 13.5. The predicted octanol–water partition coefficient (Wildman–Crippen LogP) is 0.393. The molecule has 0 spiro atoms. The fourth-order valence-corrected chi connectivity index (χ4v) is 1.40. The Hall–Kier alpha value is -1.99. The molecule has 0 amide bonds. The summed E-state index contributed by atoms with van der Waals surface area (Å²) >= 11 is 0. The number of aromatic carboxylic acids is 1. The topological polar surface area (TPSA) is 115 Å². The summed E-state index contributed by atoms with van der Waals surface area (Å²) in [6.07, 6.45) is -4.15. The zero-order valence-corrected chi connectivity index (χ0v) is 9.08. The van der Waals surface area contributed by atoms with Crippen molar-refractivity contribution in [2.75, 3.05) is 0 Å². The van der Waals surface area contributed by atoms with Gasteiger partial charge in [-0.1, -0.05) is 6.07 Å². The van der Waals surface area contributed by atoms with E-state index in [1.165, 1.54) is 0 Å². The van der Waals surface area contributed by atoms with Crippen molar-refractivity contribution < 1.29 is 34.4 Å². The van der Waals surface area contributed by atoms with Crippen LogP contribution in [0.4, 0.5) is 4.39 Å². The van der Waals surface area contributed by atoms with Gasteiger partial charge in [-0.2, -0.15) is 0 Å². The maximum absolute atomic E-state index is 13.5. The molecule has 0 heterocycles. The summed E-state index contributed by atoms with van der Waals surface area (Å²) in [6.45, 7) is 0. The second kappa shape index (κ2) is 5.56. The number of rotatable bonds is 5. The molecule has 1 aromatic carbocycles. The van der Waals surface area contributed by atoms with Crippen molar-refractivity contribution in [1.82, 2.24) is 0 Å². The van der Waals surface area contributed by atoms with E-state index in [1.54, 1.807) is 0 Å². The lowest BCUT2D eigenvalue weighted by Gasteiger charge is -2.17. The van der Waals surface area contributed by atoms with E-state index in [9.17, 15) is 24.2 Å². The van der Waals surface area contributed by atoms with Crippen LogP contribution in [0.1, 0.15) is 28.4 Å². The van der Waals surface area contributed by atoms with Crippen molar-refractivity contribution in [3.8, 4) is 0 Å². The number of aliphatic hydroxyl groups is 2. The lowest BCUT2D eigenvalue weighted by atomic mass is 10.00. The van der Waals surface area contributed by atoms with Crippen molar-refractivity contribution in [3.05, 3.63) is 35.1 Å². The highest BCUT2D eigenvalue weighted by molar-refractivity contribution is 5.87. The molecule has 2 unspecified atom stereocenters. The minimum Gasteiger partial charge on any atom is -0.481 e. The lowest BCUT2D eigenvalue weighted by molar-refractivity contribution is -0.141. The van der Waals surface area contributed by atoms with Crippen LogP contribution in [0, 0.1) is 5.82 Å². The van der Waals surface area contributed by atoms with Gasteiger partial charge >= 0.3 is 11.9 Å². The molecule has 0 aliphatic rings. The highest BCUT2D eigenvalue weighted by Gasteiger charge is 2.24. The molecule has 0 aliphatic heterocycles. The Labute approximate surface area is 101 Å². The predicted molar refractivity (Wildman–Crippen MR) is 56.6 cm³/mol. The molecule has 98 valence electrons. The Bertz CT molecular complexity index is 473. The van der Waals surface area contributed by atoms with Gasteiger partial charge in [0.25, 0.3) is 0 Å². The van der Waals surface area contributed by atoms with E-state index in [1.807, 2.05) is 0 Å². The van der Waals surface area contributed by atoms with Gasteiger partial charge in [-0.15, -0.1) is 0 Å². The zero-order valence-electron chi connectivity index (χ0n) is 9.08. The molecule has 7 heteroatoms. The third-order valence-electron chi connectivity index (χ3n) is 2.31. The molecule has 0 fully saturated rings. The number of benzene rings is 1. The van der Waals surface area contributed by atoms with Gasteiger partial charge in [-0.3, -0.25) is 4.79 Å². The smallest absolute Gasteiger partial charge is 0.335 e. The van der Waals surface area contributed by atoms with E-state index in [2.05, 4.69) is 0 Å². The molecule has 18 heavy (non-hydrogen) atoms. The van der Waals surface area contributed by atoms with Gasteiger partial charge in [0.05, 0.1) is 18.1 Å². The van der Waals surface area contributed by atoms with Crippen LogP contribution < -0.4 is 0 Å². The second-order valence-electron chi connectivity index (χ2n) is 3.65. The van der Waals surface area contributed by atoms with Gasteiger partial charge in [0.15, 0.2) is 0 Å². The normalized spacial score (nSPS) is 13.9. The molecule has 1 aromatic rings. The van der Waals surface area contributed by atoms with Gasteiger partial charge in [0.1, 0.15) is 11.9 Å². The van der Waals surface area contributed by atoms with E-state index in [0.29, 0.717) is 6.07 Å². The highest BCUT2D eigenvalue weighted by Crippen LogP contribution is 2.23. The molecule has 0 aliphatic carbocycles. The highest BCUT2D eigenvalue weighted by atomic mass is 19.1. The Morgan fingerprint density at radius 1 is 1.22 bits per heavy atom. The molecular weight excluding hydrogens is 247 g/mol. The van der Waals surface area contributed by atoms with E-state index >= 15 is 0 Å². The Morgan fingerprint density at radius 3 is 2.28 bits per heavy atom. The summed E-state index contributed by atoms with van der Waals surface area (Å²) < 4.78 is 13.5. The Kier molecular flexibility index (Phi) is 4.35. The number of halogens is 1. The third-order valence-corrected chi connectivity index (χ3v) is 2.31. The van der Waals surface area contributed by atoms with Gasteiger partial charge in [0.2, 0.25) is 0 Å². The van der Waals surface area contributed by atoms with Crippen molar-refractivity contribution in [2.24, 2.45) is 0 Å². The molecule has 0 aromatic heterocycles. The van der Waals surface area contributed by atoms with Crippen LogP contribution in [0.15, 0.2) is 18.2 Å². The van der Waals surface area contributed by atoms with Gasteiger partial charge < -0.3 is 20.4 Å². The van der Waals surface area contributed by atoms with Crippen molar-refractivity contribution in [2.45, 2.75) is 18.6 Å². The third kappa shape index (κ3) is 3.25. The van der Waals surface area contributed by atoms with Crippen molar-refractivity contribution in [1.29, 1.82) is 0 Å². The van der Waals surface area contributed by atoms with Crippen LogP contribution in [-0.2, 0) is 4.79 Å². The Balaban J connectivity index is 2.96. The van der Waals surface area contributed by atoms with Gasteiger partial charge in [-0.25, -0.2) is 9.18 Å². The monoisotopic (exact) mass is 258 g/mol. The summed E-state index contributed by atoms with van der Waals surface area (Å²) in [7, 11) is 0. The fraction of sp³-hybridized carbons (Fsp3) is 0.273. The minimum absolute atomic E-state index is 0.309. The van der Waals surface area contributed by atoms with Crippen LogP contribution in [0.3, 0.4) is 0 Å². The summed E-state index contributed by atoms with van der Waals surface area (Å²) in [4.78, 5) is 20.9. The van der Waals surface area contributed by atoms with Crippen LogP contribution in [-0.4, -0.2) is 38.5 Å². The van der Waals surface area contributed by atoms with Gasteiger partial charge in [-0.05, 0) is 12.1 Å². The van der Waals surface area contributed by atoms with E-state index in [4.69, 9.17) is 10.2 Å². The molecule has 0 radical (unpaired) electrons. The van der Waals surface area contributed by atoms with Crippen LogP contribution in [0.2, 0.25) is 0 Å². The average Bonchev–Trinajstić information content (AvgIpc) is 2.26. The number of aliphatic carboxylic acids is 1. The largest absolute Gasteiger partial charge is 0.481 e. The maximum Gasteiger partial charge on any atom is 0.335 e. The number of aliphatic hydroxyl groups excluding tert-OH is 2. The number of carboxylic acids is 2. The first-order valence-electron chi connectivity index (χ1n) is 4.93. The van der Waals surface area contributed by atoms with E-state index in [-0.39, 0.29) is 11.1 Å². The first kappa shape index (κ1) is 14.1.